The first kappa shape index (κ1) is 12.5. The highest BCUT2D eigenvalue weighted by atomic mass is 16.3. The first-order chi connectivity index (χ1) is 9.31. The Balaban J connectivity index is 1.86. The number of furan rings is 1. The van der Waals surface area contributed by atoms with Crippen LogP contribution in [0.5, 0.6) is 0 Å². The summed E-state index contributed by atoms with van der Waals surface area (Å²) >= 11 is 0. The first-order valence-corrected chi connectivity index (χ1v) is 6.47. The summed E-state index contributed by atoms with van der Waals surface area (Å²) in [6, 6.07) is 8.19. The van der Waals surface area contributed by atoms with Crippen molar-refractivity contribution in [1.82, 2.24) is 9.44 Å². The molecule has 3 nitrogen and oxygen atoms in total. The molecule has 0 spiro atoms. The molecule has 0 saturated heterocycles. The Morgan fingerprint density at radius 2 is 2.00 bits per heavy atom. The van der Waals surface area contributed by atoms with Crippen molar-refractivity contribution in [2.75, 3.05) is 0 Å². The van der Waals surface area contributed by atoms with E-state index in [-0.39, 0.29) is 0 Å². The minimum absolute atomic E-state index is 0.834. The van der Waals surface area contributed by atoms with Gasteiger partial charge in [0.2, 0.25) is 0 Å². The smallest absolute Gasteiger partial charge is 0.326 e. The Hall–Kier alpha value is -1.55. The molecule has 0 amide bonds. The monoisotopic (exact) mass is 247 g/mol. The van der Waals surface area contributed by atoms with Crippen molar-refractivity contribution in [2.45, 2.75) is 20.2 Å². The van der Waals surface area contributed by atoms with Gasteiger partial charge in [-0.2, -0.15) is 0 Å². The lowest BCUT2D eigenvalue weighted by Crippen LogP contribution is -2.41. The van der Waals surface area contributed by atoms with Crippen LogP contribution < -0.4 is 0 Å². The van der Waals surface area contributed by atoms with Crippen LogP contribution in [0.25, 0.3) is 17.0 Å². The molecular weight excluding hydrogens is 233 g/mol. The number of fused-ring (bicyclic) bond motifs is 3. The molecule has 0 bridgehead atoms. The van der Waals surface area contributed by atoms with Crippen LogP contribution in [-0.2, 0) is 6.54 Å². The third-order valence-corrected chi connectivity index (χ3v) is 3.37. The van der Waals surface area contributed by atoms with Crippen LogP contribution in [-0.4, -0.2) is 31.8 Å². The van der Waals surface area contributed by atoms with Gasteiger partial charge in [0.1, 0.15) is 11.3 Å². The van der Waals surface area contributed by atoms with E-state index in [2.05, 4.69) is 24.5 Å². The zero-order valence-electron chi connectivity index (χ0n) is 11.2. The van der Waals surface area contributed by atoms with E-state index in [9.17, 15) is 0 Å². The molecule has 0 unspecified atom stereocenters. The van der Waals surface area contributed by atoms with E-state index in [0.717, 1.165) is 17.9 Å². The Labute approximate surface area is 116 Å². The minimum atomic E-state index is 0.834. The Bertz CT molecular complexity index is 607. The lowest BCUT2D eigenvalue weighted by atomic mass is 9.71. The van der Waals surface area contributed by atoms with Gasteiger partial charge in [-0.1, -0.05) is 31.8 Å². The van der Waals surface area contributed by atoms with E-state index in [1.165, 1.54) is 10.9 Å². The lowest BCUT2D eigenvalue weighted by molar-refractivity contribution is 0.531. The fourth-order valence-corrected chi connectivity index (χ4v) is 2.35. The number of para-hydroxylation sites is 1. The van der Waals surface area contributed by atoms with Crippen molar-refractivity contribution >= 4 is 39.4 Å². The first-order valence-electron chi connectivity index (χ1n) is 6.47. The van der Waals surface area contributed by atoms with Gasteiger partial charge in [-0.25, -0.2) is 0 Å². The van der Waals surface area contributed by atoms with Gasteiger partial charge >= 0.3 is 7.55 Å². The summed E-state index contributed by atoms with van der Waals surface area (Å²) in [5.74, 6) is 0.971. The molecule has 0 atom stereocenters. The number of hydrogen-bond acceptors (Lipinski definition) is 3. The molecule has 1 aromatic carbocycles. The highest BCUT2D eigenvalue weighted by Gasteiger charge is 2.19. The number of benzene rings is 1. The summed E-state index contributed by atoms with van der Waals surface area (Å²) in [5, 5.41) is 1.20. The second kappa shape index (κ2) is 5.21. The van der Waals surface area contributed by atoms with Gasteiger partial charge in [-0.05, 0) is 18.3 Å². The van der Waals surface area contributed by atoms with Crippen molar-refractivity contribution in [3.8, 4) is 0 Å². The van der Waals surface area contributed by atoms with Crippen molar-refractivity contribution < 1.29 is 4.42 Å². The predicted octanol–water partition coefficient (Wildman–Crippen LogP) is 2.39. The highest BCUT2D eigenvalue weighted by molar-refractivity contribution is 6.63. The van der Waals surface area contributed by atoms with Gasteiger partial charge in [0, 0.05) is 17.5 Å². The van der Waals surface area contributed by atoms with Crippen LogP contribution in [0.3, 0.4) is 0 Å². The summed E-state index contributed by atoms with van der Waals surface area (Å²) < 4.78 is 7.88. The average Bonchev–Trinajstić information content (AvgIpc) is 2.82. The average molecular weight is 247 g/mol. The second-order valence-electron chi connectivity index (χ2n) is 4.51. The van der Waals surface area contributed by atoms with Crippen molar-refractivity contribution in [1.29, 1.82) is 0 Å². The molecule has 3 rings (SSSR count). The molecule has 2 heterocycles. The maximum absolute atomic E-state index is 5.84. The van der Waals surface area contributed by atoms with Crippen LogP contribution in [0, 0.1) is 0 Å². The maximum Gasteiger partial charge on any atom is 0.326 e. The summed E-state index contributed by atoms with van der Waals surface area (Å²) in [4.78, 5) is 2.16. The zero-order chi connectivity index (χ0) is 13.2. The summed E-state index contributed by atoms with van der Waals surface area (Å²) in [6.45, 7) is 4.87. The fourth-order valence-electron chi connectivity index (χ4n) is 2.35. The van der Waals surface area contributed by atoms with E-state index in [4.69, 9.17) is 4.42 Å². The quantitative estimate of drug-likeness (QED) is 0.773. The van der Waals surface area contributed by atoms with Crippen molar-refractivity contribution in [3.63, 3.8) is 0 Å². The SMILES string of the molecule is C[B]N([B]C)[B]N1C=Cc2oc3ccccc3c2C1. The van der Waals surface area contributed by atoms with Crippen LogP contribution >= 0.6 is 0 Å². The summed E-state index contributed by atoms with van der Waals surface area (Å²) in [5.41, 5.74) is 2.21. The standard InChI is InChI=1S/C13H14B3N2O/c1-14-18(15-2)16-17-8-7-13-11(9-17)10-5-3-4-6-12(10)19-13/h3-8H,9H2,1-2H3. The van der Waals surface area contributed by atoms with Crippen molar-refractivity contribution in [2.24, 2.45) is 0 Å². The predicted molar refractivity (Wildman–Crippen MR) is 81.6 cm³/mol. The van der Waals surface area contributed by atoms with E-state index in [1.54, 1.807) is 0 Å². The molecule has 91 valence electrons. The summed E-state index contributed by atoms with van der Waals surface area (Å²) in [7, 11) is 6.12. The fraction of sp³-hybridized carbons (Fsp3) is 0.231. The number of rotatable bonds is 4. The largest absolute Gasteiger partial charge is 0.456 e. The van der Waals surface area contributed by atoms with Crippen LogP contribution in [0.4, 0.5) is 0 Å². The molecule has 1 aliphatic rings. The van der Waals surface area contributed by atoms with Crippen LogP contribution in [0.2, 0.25) is 13.6 Å². The van der Waals surface area contributed by atoms with Gasteiger partial charge in [0.15, 0.2) is 14.8 Å². The number of nitrogens with zero attached hydrogens (tertiary/aromatic N) is 2. The Kier molecular flexibility index (Phi) is 3.43. The van der Waals surface area contributed by atoms with E-state index >= 15 is 0 Å². The van der Waals surface area contributed by atoms with Gasteiger partial charge in [0.05, 0.1) is 0 Å². The molecule has 0 saturated carbocycles. The third kappa shape index (κ3) is 2.32. The molecule has 2 aromatic rings. The van der Waals surface area contributed by atoms with Crippen LogP contribution in [0.15, 0.2) is 34.9 Å². The number of hydrogen-bond donors (Lipinski definition) is 0. The molecule has 3 radical (unpaired) electrons. The molecule has 1 aliphatic heterocycles. The molecule has 6 heteroatoms. The molecule has 1 aromatic heterocycles. The highest BCUT2D eigenvalue weighted by Crippen LogP contribution is 2.30. The minimum Gasteiger partial charge on any atom is -0.456 e. The third-order valence-electron chi connectivity index (χ3n) is 3.37. The maximum atomic E-state index is 5.84. The molecule has 0 N–H and O–H groups in total. The lowest BCUT2D eigenvalue weighted by Gasteiger charge is -2.28. The van der Waals surface area contributed by atoms with Crippen molar-refractivity contribution in [3.05, 3.63) is 41.8 Å². The van der Waals surface area contributed by atoms with E-state index in [0.29, 0.717) is 0 Å². The van der Waals surface area contributed by atoms with Gasteiger partial charge in [0.25, 0.3) is 0 Å². The Morgan fingerprint density at radius 1 is 1.21 bits per heavy atom. The second-order valence-corrected chi connectivity index (χ2v) is 4.51. The van der Waals surface area contributed by atoms with Gasteiger partial charge in [-0.15, -0.1) is 0 Å². The van der Waals surface area contributed by atoms with E-state index in [1.807, 2.05) is 57.5 Å². The zero-order valence-corrected chi connectivity index (χ0v) is 11.2. The van der Waals surface area contributed by atoms with Gasteiger partial charge < -0.3 is 13.9 Å². The van der Waals surface area contributed by atoms with Gasteiger partial charge in [-0.3, -0.25) is 0 Å². The molecule has 19 heavy (non-hydrogen) atoms. The normalized spacial score (nSPS) is 13.7. The van der Waals surface area contributed by atoms with E-state index < -0.39 is 0 Å². The summed E-state index contributed by atoms with van der Waals surface area (Å²) in [6.07, 6.45) is 4.07. The van der Waals surface area contributed by atoms with Crippen LogP contribution in [0.1, 0.15) is 11.3 Å². The molecular formula is C13H14B3N2O. The Morgan fingerprint density at radius 3 is 2.79 bits per heavy atom. The topological polar surface area (TPSA) is 19.6 Å². The molecule has 0 fully saturated rings. The molecule has 0 aliphatic carbocycles.